The number of nitrogens with two attached hydrogens (primary N) is 1. The first-order chi connectivity index (χ1) is 20.0. The minimum atomic E-state index is -4.75. The Morgan fingerprint density at radius 1 is 1.05 bits per heavy atom. The summed E-state index contributed by atoms with van der Waals surface area (Å²) >= 11 is 0.217. The molecule has 3 heterocycles. The Balaban J connectivity index is 0.00000248. The molecule has 0 fully saturated rings. The van der Waals surface area contributed by atoms with E-state index in [0.29, 0.717) is 22.6 Å². The first kappa shape index (κ1) is 34.0. The van der Waals surface area contributed by atoms with E-state index in [-0.39, 0.29) is 28.2 Å². The second kappa shape index (κ2) is 12.6. The average molecular weight is 687 g/mol. The van der Waals surface area contributed by atoms with E-state index in [0.717, 1.165) is 12.1 Å². The Bertz CT molecular complexity index is 1840. The number of aromatic nitrogens is 1. The molecule has 2 aromatic heterocycles. The van der Waals surface area contributed by atoms with Gasteiger partial charge in [0.15, 0.2) is 5.03 Å². The number of thiophene rings is 1. The zero-order valence-corrected chi connectivity index (χ0v) is 24.6. The smallest absolute Gasteiger partial charge is 0.417 e. The monoisotopic (exact) mass is 686 g/mol. The number of carbonyl (C=O) groups is 2. The van der Waals surface area contributed by atoms with Crippen LogP contribution in [-0.2, 0) is 40.9 Å². The number of sulfonamides is 2. The number of nitrogens with one attached hydrogen (secondary N) is 1. The molecule has 3 aromatic rings. The Labute approximate surface area is 246 Å². The van der Waals surface area contributed by atoms with Gasteiger partial charge in [-0.3, -0.25) is 9.59 Å². The number of hydrogen-bond acceptors (Lipinski definition) is 12. The number of nitrogens with zero attached hydrogens (tertiary/aromatic N) is 2. The number of aliphatic carboxylic acids is 1. The summed E-state index contributed by atoms with van der Waals surface area (Å²) in [5.74, 6) is 1.08. The zero-order chi connectivity index (χ0) is 32.4. The molecule has 0 radical (unpaired) electrons. The SMILES string of the molecule is NO.O=C(O)[C@@H](CCCN1C(=O)c2ccccc2S1(=O)=O)NS(=O)(=O)c1ccc(S(=O)(=O)c2ccc(C(F)(F)F)cn2)s1. The van der Waals surface area contributed by atoms with Gasteiger partial charge in [-0.2, -0.15) is 17.9 Å². The third-order valence-electron chi connectivity index (χ3n) is 5.79. The molecule has 0 bridgehead atoms. The minimum absolute atomic E-state index is 0.0436. The standard InChI is InChI=1S/C22H18F3N3O9S4.H3NO/c23-22(24,25)13-7-8-17(26-12-13)39(32,33)18-9-10-19(38-18)40(34,35)27-15(21(30)31)5-3-11-28-20(29)14-4-1-2-6-16(14)41(28,36)37;1-2/h1-2,4,6-10,12,15,27H,3,5,11H2,(H,30,31);2H,1H2/t15-;/m1./s1. The molecule has 0 aliphatic carbocycles. The van der Waals surface area contributed by atoms with E-state index in [1.807, 2.05) is 4.72 Å². The van der Waals surface area contributed by atoms with Crippen LogP contribution < -0.4 is 10.6 Å². The summed E-state index contributed by atoms with van der Waals surface area (Å²) in [5.41, 5.74) is -1.23. The number of halogens is 3. The summed E-state index contributed by atoms with van der Waals surface area (Å²) in [5, 5.41) is 15.3. The Kier molecular flexibility index (Phi) is 10.0. The number of carboxylic acids is 1. The second-order valence-electron chi connectivity index (χ2n) is 8.49. The topological polar surface area (TPSA) is 231 Å². The Morgan fingerprint density at radius 2 is 1.67 bits per heavy atom. The summed E-state index contributed by atoms with van der Waals surface area (Å²) in [6, 6.07) is 6.59. The summed E-state index contributed by atoms with van der Waals surface area (Å²) < 4.78 is 116. The summed E-state index contributed by atoms with van der Waals surface area (Å²) in [6.45, 7) is -0.428. The number of carbonyl (C=O) groups excluding carboxylic acids is 1. The minimum Gasteiger partial charge on any atom is -0.480 e. The van der Waals surface area contributed by atoms with E-state index in [9.17, 15) is 53.1 Å². The van der Waals surface area contributed by atoms with Crippen LogP contribution in [-0.4, -0.2) is 69.3 Å². The predicted molar refractivity (Wildman–Crippen MR) is 141 cm³/mol. The Hall–Kier alpha value is -3.47. The van der Waals surface area contributed by atoms with E-state index in [1.165, 1.54) is 24.3 Å². The molecule has 0 spiro atoms. The van der Waals surface area contributed by atoms with Crippen LogP contribution in [0, 0.1) is 0 Å². The van der Waals surface area contributed by atoms with Crippen molar-refractivity contribution in [2.45, 2.75) is 43.4 Å². The van der Waals surface area contributed by atoms with Crippen LogP contribution in [0.4, 0.5) is 13.2 Å². The molecule has 0 saturated carbocycles. The van der Waals surface area contributed by atoms with E-state index in [4.69, 9.17) is 5.21 Å². The number of pyridine rings is 1. The maximum Gasteiger partial charge on any atom is 0.417 e. The highest BCUT2D eigenvalue weighted by Gasteiger charge is 2.40. The maximum atomic E-state index is 12.8. The number of carboxylic acid groups (broad SMARTS) is 1. The third kappa shape index (κ3) is 7.03. The van der Waals surface area contributed by atoms with Gasteiger partial charge in [0.2, 0.25) is 9.84 Å². The molecule has 1 amide bonds. The Morgan fingerprint density at radius 3 is 2.23 bits per heavy atom. The van der Waals surface area contributed by atoms with E-state index >= 15 is 0 Å². The number of fused-ring (bicyclic) bond motifs is 1. The molecule has 21 heteroatoms. The maximum absolute atomic E-state index is 12.8. The van der Waals surface area contributed by atoms with Crippen molar-refractivity contribution in [1.29, 1.82) is 0 Å². The van der Waals surface area contributed by atoms with Crippen LogP contribution in [0.5, 0.6) is 0 Å². The number of sulfone groups is 1. The molecule has 1 aliphatic rings. The lowest BCUT2D eigenvalue weighted by Crippen LogP contribution is -2.41. The molecule has 5 N–H and O–H groups in total. The van der Waals surface area contributed by atoms with Gasteiger partial charge in [-0.05, 0) is 49.2 Å². The lowest BCUT2D eigenvalue weighted by Gasteiger charge is -2.17. The fourth-order valence-corrected chi connectivity index (χ4v) is 9.67. The number of benzene rings is 1. The molecular weight excluding hydrogens is 666 g/mol. The van der Waals surface area contributed by atoms with Gasteiger partial charge < -0.3 is 10.3 Å². The van der Waals surface area contributed by atoms with Gasteiger partial charge >= 0.3 is 12.1 Å². The van der Waals surface area contributed by atoms with Crippen LogP contribution in [0.15, 0.2) is 73.1 Å². The van der Waals surface area contributed by atoms with Crippen LogP contribution in [0.25, 0.3) is 0 Å². The fraction of sp³-hybridized carbons (Fsp3) is 0.227. The lowest BCUT2D eigenvalue weighted by molar-refractivity contribution is -0.139. The van der Waals surface area contributed by atoms with Gasteiger partial charge in [0, 0.05) is 12.7 Å². The normalized spacial score (nSPS) is 15.4. The first-order valence-corrected chi connectivity index (χ1v) is 16.7. The van der Waals surface area contributed by atoms with Crippen molar-refractivity contribution in [2.24, 2.45) is 5.90 Å². The van der Waals surface area contributed by atoms with Gasteiger partial charge in [-0.15, -0.1) is 11.3 Å². The predicted octanol–water partition coefficient (Wildman–Crippen LogP) is 1.69. The zero-order valence-electron chi connectivity index (χ0n) is 21.3. The van der Waals surface area contributed by atoms with Crippen molar-refractivity contribution in [1.82, 2.24) is 14.0 Å². The highest BCUT2D eigenvalue weighted by molar-refractivity contribution is 7.95. The summed E-state index contributed by atoms with van der Waals surface area (Å²) in [6.07, 6.45) is -5.11. The third-order valence-corrected chi connectivity index (χ3v) is 12.8. The summed E-state index contributed by atoms with van der Waals surface area (Å²) in [7, 11) is -13.3. The molecule has 1 aliphatic heterocycles. The van der Waals surface area contributed by atoms with Crippen molar-refractivity contribution < 1.29 is 58.3 Å². The molecule has 0 unspecified atom stereocenters. The molecule has 0 saturated heterocycles. The van der Waals surface area contributed by atoms with Crippen molar-refractivity contribution >= 4 is 53.1 Å². The number of rotatable bonds is 10. The molecule has 4 rings (SSSR count). The van der Waals surface area contributed by atoms with Crippen LogP contribution in [0.1, 0.15) is 28.8 Å². The van der Waals surface area contributed by atoms with Gasteiger partial charge in [0.1, 0.15) is 19.4 Å². The summed E-state index contributed by atoms with van der Waals surface area (Å²) in [4.78, 5) is 27.4. The van der Waals surface area contributed by atoms with Gasteiger partial charge in [0.25, 0.3) is 26.0 Å². The van der Waals surface area contributed by atoms with Gasteiger partial charge in [-0.1, -0.05) is 12.1 Å². The quantitative estimate of drug-likeness (QED) is 0.223. The van der Waals surface area contributed by atoms with Crippen molar-refractivity contribution in [3.05, 3.63) is 65.9 Å². The molecule has 14 nitrogen and oxygen atoms in total. The van der Waals surface area contributed by atoms with E-state index in [2.05, 4.69) is 10.9 Å². The average Bonchev–Trinajstić information content (AvgIpc) is 3.53. The van der Waals surface area contributed by atoms with E-state index in [1.54, 1.807) is 0 Å². The lowest BCUT2D eigenvalue weighted by atomic mass is 10.1. The molecule has 1 aromatic carbocycles. The van der Waals surface area contributed by atoms with Gasteiger partial charge in [-0.25, -0.2) is 40.4 Å². The molecular formula is C22H21F3N4O10S4. The molecule has 1 atom stereocenters. The van der Waals surface area contributed by atoms with Crippen molar-refractivity contribution in [3.63, 3.8) is 0 Å². The van der Waals surface area contributed by atoms with Crippen LogP contribution in [0.3, 0.4) is 0 Å². The van der Waals surface area contributed by atoms with Crippen molar-refractivity contribution in [2.75, 3.05) is 6.54 Å². The number of alkyl halides is 3. The van der Waals surface area contributed by atoms with Crippen molar-refractivity contribution in [3.8, 4) is 0 Å². The molecule has 234 valence electrons. The molecule has 43 heavy (non-hydrogen) atoms. The highest BCUT2D eigenvalue weighted by atomic mass is 32.3. The van der Waals surface area contributed by atoms with Crippen LogP contribution >= 0.6 is 11.3 Å². The van der Waals surface area contributed by atoms with Gasteiger partial charge in [0.05, 0.1) is 11.1 Å². The van der Waals surface area contributed by atoms with E-state index < -0.39 is 86.0 Å². The first-order valence-electron chi connectivity index (χ1n) is 11.5. The largest absolute Gasteiger partial charge is 0.480 e. The number of hydrogen-bond donors (Lipinski definition) is 4. The second-order valence-corrected chi connectivity index (χ2v) is 15.5. The fourth-order valence-electron chi connectivity index (χ4n) is 3.77. The van der Waals surface area contributed by atoms with Crippen LogP contribution in [0.2, 0.25) is 0 Å². The highest BCUT2D eigenvalue weighted by Crippen LogP contribution is 2.33. The number of amides is 1.